The minimum Gasteiger partial charge on any atom is -0.322 e. The minimum absolute atomic E-state index is 0.103. The molecule has 6 rings (SSSR count). The molecule has 2 aliphatic heterocycles. The zero-order valence-corrected chi connectivity index (χ0v) is 20.0. The van der Waals surface area contributed by atoms with Crippen molar-refractivity contribution >= 4 is 17.7 Å². The van der Waals surface area contributed by atoms with Crippen molar-refractivity contribution in [3.8, 4) is 0 Å². The Bertz CT molecular complexity index is 1160. The van der Waals surface area contributed by atoms with Gasteiger partial charge in [-0.05, 0) is 73.6 Å². The number of imide groups is 1. The van der Waals surface area contributed by atoms with Crippen LogP contribution >= 0.6 is 0 Å². The molecule has 3 N–H and O–H groups in total. The molecule has 3 heterocycles. The van der Waals surface area contributed by atoms with Gasteiger partial charge in [-0.2, -0.15) is 5.10 Å². The van der Waals surface area contributed by atoms with Crippen LogP contribution in [-0.2, 0) is 35.4 Å². The van der Waals surface area contributed by atoms with Crippen LogP contribution < -0.4 is 10.6 Å². The lowest BCUT2D eigenvalue weighted by atomic mass is 9.79. The standard InChI is InChI=1S/C27H33N5O3/c33-25-10-9-24(26(34)30-25)32-15-19-12-16(5-7-21(19)27(32)35)11-17-3-1-2-4-22(17)29-20-6-8-23-18(13-20)14-28-31-23/h5,7,12,14,17,20,22,24,29H,1-4,6,8-11,13,15H2,(H,28,31)(H,30,33,34)/t17-,20?,22+,24?/m1/s1. The van der Waals surface area contributed by atoms with Gasteiger partial charge in [-0.3, -0.25) is 24.8 Å². The first kappa shape index (κ1) is 22.5. The first-order valence-corrected chi connectivity index (χ1v) is 13.1. The summed E-state index contributed by atoms with van der Waals surface area (Å²) in [6.45, 7) is 0.440. The summed E-state index contributed by atoms with van der Waals surface area (Å²) in [7, 11) is 0. The second kappa shape index (κ2) is 9.22. The number of H-pyrrole nitrogens is 1. The third-order valence-electron chi connectivity index (χ3n) is 8.46. The molecule has 3 amide bonds. The molecular formula is C27H33N5O3. The van der Waals surface area contributed by atoms with Crippen LogP contribution in [0.25, 0.3) is 0 Å². The number of carbonyl (C=O) groups is 3. The molecule has 2 fully saturated rings. The van der Waals surface area contributed by atoms with Gasteiger partial charge in [0, 0.05) is 36.3 Å². The number of amides is 3. The minimum atomic E-state index is -0.561. The summed E-state index contributed by atoms with van der Waals surface area (Å²) in [6, 6.07) is 6.65. The van der Waals surface area contributed by atoms with E-state index in [9.17, 15) is 14.4 Å². The number of fused-ring (bicyclic) bond motifs is 2. The molecule has 0 radical (unpaired) electrons. The first-order valence-electron chi connectivity index (χ1n) is 13.1. The molecular weight excluding hydrogens is 442 g/mol. The molecule has 4 atom stereocenters. The Morgan fingerprint density at radius 3 is 2.80 bits per heavy atom. The van der Waals surface area contributed by atoms with Gasteiger partial charge in [0.1, 0.15) is 6.04 Å². The van der Waals surface area contributed by atoms with Crippen molar-refractivity contribution < 1.29 is 14.4 Å². The third kappa shape index (κ3) is 4.40. The highest BCUT2D eigenvalue weighted by Gasteiger charge is 2.39. The number of carbonyl (C=O) groups excluding carboxylic acids is 3. The Morgan fingerprint density at radius 2 is 1.91 bits per heavy atom. The van der Waals surface area contributed by atoms with E-state index in [-0.39, 0.29) is 24.1 Å². The third-order valence-corrected chi connectivity index (χ3v) is 8.46. The molecule has 8 nitrogen and oxygen atoms in total. The average Bonchev–Trinajstić information content (AvgIpc) is 3.44. The van der Waals surface area contributed by atoms with E-state index >= 15 is 0 Å². The molecule has 8 heteroatoms. The van der Waals surface area contributed by atoms with E-state index < -0.39 is 6.04 Å². The lowest BCUT2D eigenvalue weighted by Gasteiger charge is -2.36. The Hall–Kier alpha value is -3.00. The quantitative estimate of drug-likeness (QED) is 0.576. The number of aryl methyl sites for hydroxylation is 1. The number of piperidine rings is 1. The largest absolute Gasteiger partial charge is 0.322 e. The lowest BCUT2D eigenvalue weighted by molar-refractivity contribution is -0.136. The van der Waals surface area contributed by atoms with Crippen LogP contribution in [0.5, 0.6) is 0 Å². The molecule has 4 aliphatic rings. The molecule has 0 bridgehead atoms. The van der Waals surface area contributed by atoms with Crippen molar-refractivity contribution in [3.05, 3.63) is 52.3 Å². The molecule has 184 valence electrons. The van der Waals surface area contributed by atoms with Gasteiger partial charge in [0.25, 0.3) is 5.91 Å². The summed E-state index contributed by atoms with van der Waals surface area (Å²) >= 11 is 0. The molecule has 35 heavy (non-hydrogen) atoms. The Kier molecular flexibility index (Phi) is 5.92. The van der Waals surface area contributed by atoms with E-state index in [1.165, 1.54) is 42.5 Å². The molecule has 1 aromatic heterocycles. The summed E-state index contributed by atoms with van der Waals surface area (Å²) in [5.41, 5.74) is 5.60. The predicted molar refractivity (Wildman–Crippen MR) is 129 cm³/mol. The summed E-state index contributed by atoms with van der Waals surface area (Å²) in [5, 5.41) is 13.7. The average molecular weight is 476 g/mol. The van der Waals surface area contributed by atoms with E-state index in [1.807, 2.05) is 12.3 Å². The molecule has 2 unspecified atom stereocenters. The zero-order chi connectivity index (χ0) is 23.9. The van der Waals surface area contributed by atoms with Gasteiger partial charge < -0.3 is 10.2 Å². The summed E-state index contributed by atoms with van der Waals surface area (Å²) in [4.78, 5) is 38.5. The normalized spacial score (nSPS) is 28.6. The van der Waals surface area contributed by atoms with Crippen molar-refractivity contribution in [2.75, 3.05) is 0 Å². The maximum absolute atomic E-state index is 13.0. The number of aromatic amines is 1. The monoisotopic (exact) mass is 475 g/mol. The van der Waals surface area contributed by atoms with E-state index in [0.29, 0.717) is 36.5 Å². The van der Waals surface area contributed by atoms with Gasteiger partial charge in [0.05, 0.1) is 6.20 Å². The van der Waals surface area contributed by atoms with Crippen molar-refractivity contribution in [1.82, 2.24) is 25.7 Å². The van der Waals surface area contributed by atoms with E-state index in [2.05, 4.69) is 33.0 Å². The topological polar surface area (TPSA) is 107 Å². The molecule has 1 saturated heterocycles. The summed E-state index contributed by atoms with van der Waals surface area (Å²) < 4.78 is 0. The maximum atomic E-state index is 13.0. The van der Waals surface area contributed by atoms with Gasteiger partial charge in [-0.15, -0.1) is 0 Å². The number of nitrogens with one attached hydrogen (secondary N) is 3. The molecule has 2 aromatic rings. The number of hydrogen-bond donors (Lipinski definition) is 3. The SMILES string of the molecule is O=C1CCC(N2Cc3cc(C[C@H]4CCCC[C@@H]4NC4CCc5[nH]ncc5C4)ccc3C2=O)C(=O)N1. The number of hydrogen-bond acceptors (Lipinski definition) is 5. The van der Waals surface area contributed by atoms with Crippen LogP contribution in [0.1, 0.15) is 77.7 Å². The number of rotatable bonds is 5. The smallest absolute Gasteiger partial charge is 0.255 e. The predicted octanol–water partition coefficient (Wildman–Crippen LogP) is 2.42. The van der Waals surface area contributed by atoms with Gasteiger partial charge >= 0.3 is 0 Å². The maximum Gasteiger partial charge on any atom is 0.255 e. The fourth-order valence-corrected chi connectivity index (χ4v) is 6.59. The molecule has 2 aliphatic carbocycles. The Morgan fingerprint density at radius 1 is 1.03 bits per heavy atom. The van der Waals surface area contributed by atoms with Gasteiger partial charge in [-0.1, -0.05) is 25.0 Å². The number of benzene rings is 1. The van der Waals surface area contributed by atoms with Gasteiger partial charge in [0.15, 0.2) is 0 Å². The summed E-state index contributed by atoms with van der Waals surface area (Å²) in [6.07, 6.45) is 11.9. The second-order valence-corrected chi connectivity index (χ2v) is 10.7. The van der Waals surface area contributed by atoms with E-state index in [1.54, 1.807) is 4.90 Å². The first-order chi connectivity index (χ1) is 17.0. The van der Waals surface area contributed by atoms with E-state index in [4.69, 9.17) is 0 Å². The van der Waals surface area contributed by atoms with Crippen LogP contribution in [-0.4, -0.2) is 50.9 Å². The highest BCUT2D eigenvalue weighted by atomic mass is 16.2. The van der Waals surface area contributed by atoms with Crippen molar-refractivity contribution in [2.45, 2.75) is 88.9 Å². The highest BCUT2D eigenvalue weighted by Crippen LogP contribution is 2.32. The van der Waals surface area contributed by atoms with Crippen LogP contribution in [0.3, 0.4) is 0 Å². The van der Waals surface area contributed by atoms with Crippen molar-refractivity contribution in [2.24, 2.45) is 5.92 Å². The van der Waals surface area contributed by atoms with Gasteiger partial charge in [-0.25, -0.2) is 0 Å². The Balaban J connectivity index is 1.12. The fourth-order valence-electron chi connectivity index (χ4n) is 6.59. The van der Waals surface area contributed by atoms with Gasteiger partial charge in [0.2, 0.25) is 11.8 Å². The second-order valence-electron chi connectivity index (χ2n) is 10.7. The zero-order valence-electron chi connectivity index (χ0n) is 20.0. The van der Waals surface area contributed by atoms with Crippen LogP contribution in [0, 0.1) is 5.92 Å². The van der Waals surface area contributed by atoms with Crippen molar-refractivity contribution in [1.29, 1.82) is 0 Å². The van der Waals surface area contributed by atoms with Crippen molar-refractivity contribution in [3.63, 3.8) is 0 Å². The van der Waals surface area contributed by atoms with E-state index in [0.717, 1.165) is 31.2 Å². The number of nitrogens with zero attached hydrogens (tertiary/aromatic N) is 2. The lowest BCUT2D eigenvalue weighted by Crippen LogP contribution is -2.52. The molecule has 1 saturated carbocycles. The summed E-state index contributed by atoms with van der Waals surface area (Å²) in [5.74, 6) is -0.138. The van der Waals surface area contributed by atoms with Crippen LogP contribution in [0.2, 0.25) is 0 Å². The van der Waals surface area contributed by atoms with Crippen LogP contribution in [0.15, 0.2) is 24.4 Å². The Labute approximate surface area is 205 Å². The molecule has 0 spiro atoms. The molecule has 1 aromatic carbocycles. The highest BCUT2D eigenvalue weighted by molar-refractivity contribution is 6.05. The number of aromatic nitrogens is 2. The fraction of sp³-hybridized carbons (Fsp3) is 0.556. The van der Waals surface area contributed by atoms with Crippen LogP contribution in [0.4, 0.5) is 0 Å².